The van der Waals surface area contributed by atoms with Gasteiger partial charge >= 0.3 is 0 Å². The van der Waals surface area contributed by atoms with E-state index in [0.717, 1.165) is 37.3 Å². The molecule has 0 spiro atoms. The number of rotatable bonds is 6. The minimum Gasteiger partial charge on any atom is -0.342 e. The van der Waals surface area contributed by atoms with E-state index in [9.17, 15) is 0 Å². The molecule has 0 bridgehead atoms. The molecule has 0 amide bonds. The SMILES string of the molecule is Cn1cc(CNCCCc2ncn[nH]2)cc1C#N. The molecule has 0 radical (unpaired) electrons. The molecular formula is C12H16N6. The molecule has 0 fully saturated rings. The fourth-order valence-corrected chi connectivity index (χ4v) is 1.81. The highest BCUT2D eigenvalue weighted by molar-refractivity contribution is 5.28. The topological polar surface area (TPSA) is 82.3 Å². The molecule has 6 heteroatoms. The van der Waals surface area contributed by atoms with Crippen molar-refractivity contribution in [3.8, 4) is 6.07 Å². The van der Waals surface area contributed by atoms with Crippen LogP contribution in [0.1, 0.15) is 23.5 Å². The van der Waals surface area contributed by atoms with Gasteiger partial charge in [-0.1, -0.05) is 0 Å². The molecule has 2 heterocycles. The Bertz CT molecular complexity index is 519. The maximum absolute atomic E-state index is 8.84. The molecule has 0 aliphatic heterocycles. The lowest BCUT2D eigenvalue weighted by molar-refractivity contribution is 0.639. The molecule has 2 rings (SSSR count). The molecule has 18 heavy (non-hydrogen) atoms. The number of aryl methyl sites for hydroxylation is 2. The van der Waals surface area contributed by atoms with Crippen molar-refractivity contribution >= 4 is 0 Å². The van der Waals surface area contributed by atoms with Crippen LogP contribution in [0.15, 0.2) is 18.6 Å². The molecule has 0 atom stereocenters. The number of nitrogens with one attached hydrogen (secondary N) is 2. The summed E-state index contributed by atoms with van der Waals surface area (Å²) >= 11 is 0. The molecule has 0 saturated carbocycles. The summed E-state index contributed by atoms with van der Waals surface area (Å²) in [6.45, 7) is 1.70. The minimum absolute atomic E-state index is 0.688. The van der Waals surface area contributed by atoms with Gasteiger partial charge in [0.15, 0.2) is 0 Å². The molecule has 6 nitrogen and oxygen atoms in total. The largest absolute Gasteiger partial charge is 0.342 e. The van der Waals surface area contributed by atoms with Crippen LogP contribution in [0.3, 0.4) is 0 Å². The fourth-order valence-electron chi connectivity index (χ4n) is 1.81. The first-order valence-corrected chi connectivity index (χ1v) is 5.90. The first-order chi connectivity index (χ1) is 8.79. The van der Waals surface area contributed by atoms with E-state index >= 15 is 0 Å². The standard InChI is InChI=1S/C12H16N6/c1-18-8-10(5-11(18)6-13)7-14-4-2-3-12-15-9-16-17-12/h5,8-9,14H,2-4,7H2,1H3,(H,15,16,17). The Kier molecular flexibility index (Phi) is 4.10. The second kappa shape index (κ2) is 5.98. The van der Waals surface area contributed by atoms with Crippen LogP contribution < -0.4 is 5.32 Å². The molecule has 0 unspecified atom stereocenters. The Hall–Kier alpha value is -2.13. The summed E-state index contributed by atoms with van der Waals surface area (Å²) < 4.78 is 1.84. The van der Waals surface area contributed by atoms with Crippen molar-refractivity contribution in [3.05, 3.63) is 35.7 Å². The van der Waals surface area contributed by atoms with Gasteiger partial charge in [-0.3, -0.25) is 5.10 Å². The summed E-state index contributed by atoms with van der Waals surface area (Å²) in [6.07, 6.45) is 5.40. The van der Waals surface area contributed by atoms with Gasteiger partial charge in [0, 0.05) is 26.2 Å². The Morgan fingerprint density at radius 1 is 1.56 bits per heavy atom. The number of aromatic nitrogens is 4. The van der Waals surface area contributed by atoms with Crippen molar-refractivity contribution in [2.75, 3.05) is 6.54 Å². The van der Waals surface area contributed by atoms with E-state index in [1.165, 1.54) is 6.33 Å². The molecular weight excluding hydrogens is 228 g/mol. The van der Waals surface area contributed by atoms with Gasteiger partial charge in [0.25, 0.3) is 0 Å². The Labute approximate surface area is 106 Å². The molecule has 94 valence electrons. The summed E-state index contributed by atoms with van der Waals surface area (Å²) in [5, 5.41) is 18.8. The zero-order chi connectivity index (χ0) is 12.8. The number of hydrogen-bond donors (Lipinski definition) is 2. The smallest absolute Gasteiger partial charge is 0.137 e. The summed E-state index contributed by atoms with van der Waals surface area (Å²) in [5.74, 6) is 0.920. The lowest BCUT2D eigenvalue weighted by Crippen LogP contribution is -2.15. The molecule has 0 aliphatic rings. The monoisotopic (exact) mass is 244 g/mol. The van der Waals surface area contributed by atoms with Crippen LogP contribution in [0.4, 0.5) is 0 Å². The first kappa shape index (κ1) is 12.3. The van der Waals surface area contributed by atoms with Crippen molar-refractivity contribution in [1.82, 2.24) is 25.1 Å². The van der Waals surface area contributed by atoms with Gasteiger partial charge in [-0.25, -0.2) is 4.98 Å². The number of nitrogens with zero attached hydrogens (tertiary/aromatic N) is 4. The third kappa shape index (κ3) is 3.18. The van der Waals surface area contributed by atoms with Crippen molar-refractivity contribution in [3.63, 3.8) is 0 Å². The zero-order valence-electron chi connectivity index (χ0n) is 10.3. The summed E-state index contributed by atoms with van der Waals surface area (Å²) in [6, 6.07) is 4.06. The fraction of sp³-hybridized carbons (Fsp3) is 0.417. The average molecular weight is 244 g/mol. The van der Waals surface area contributed by atoms with E-state index in [-0.39, 0.29) is 0 Å². The van der Waals surface area contributed by atoms with E-state index in [1.807, 2.05) is 23.9 Å². The Morgan fingerprint density at radius 2 is 2.44 bits per heavy atom. The van der Waals surface area contributed by atoms with Crippen LogP contribution in [0, 0.1) is 11.3 Å². The molecule has 0 aromatic carbocycles. The predicted octanol–water partition coefficient (Wildman–Crippen LogP) is 0.737. The van der Waals surface area contributed by atoms with Crippen LogP contribution in [-0.4, -0.2) is 26.3 Å². The average Bonchev–Trinajstić information content (AvgIpc) is 2.98. The number of aromatic amines is 1. The molecule has 2 aromatic heterocycles. The van der Waals surface area contributed by atoms with Gasteiger partial charge in [-0.15, -0.1) is 0 Å². The lowest BCUT2D eigenvalue weighted by atomic mass is 10.2. The molecule has 2 N–H and O–H groups in total. The van der Waals surface area contributed by atoms with Gasteiger partial charge in [0.05, 0.1) is 0 Å². The zero-order valence-corrected chi connectivity index (χ0v) is 10.3. The second-order valence-electron chi connectivity index (χ2n) is 4.17. The number of hydrogen-bond acceptors (Lipinski definition) is 4. The quantitative estimate of drug-likeness (QED) is 0.734. The maximum atomic E-state index is 8.84. The van der Waals surface area contributed by atoms with Crippen LogP contribution in [0.25, 0.3) is 0 Å². The molecule has 0 saturated heterocycles. The van der Waals surface area contributed by atoms with E-state index in [0.29, 0.717) is 5.69 Å². The highest BCUT2D eigenvalue weighted by atomic mass is 15.2. The van der Waals surface area contributed by atoms with E-state index in [2.05, 4.69) is 26.6 Å². The van der Waals surface area contributed by atoms with Crippen LogP contribution in [0.5, 0.6) is 0 Å². The summed E-state index contributed by atoms with van der Waals surface area (Å²) in [5.41, 5.74) is 1.82. The summed E-state index contributed by atoms with van der Waals surface area (Å²) in [7, 11) is 1.88. The summed E-state index contributed by atoms with van der Waals surface area (Å²) in [4.78, 5) is 4.06. The Morgan fingerprint density at radius 3 is 3.11 bits per heavy atom. The minimum atomic E-state index is 0.688. The first-order valence-electron chi connectivity index (χ1n) is 5.90. The van der Waals surface area contributed by atoms with Crippen LogP contribution in [0.2, 0.25) is 0 Å². The molecule has 0 aliphatic carbocycles. The van der Waals surface area contributed by atoms with E-state index in [1.54, 1.807) is 0 Å². The molecule has 2 aromatic rings. The second-order valence-corrected chi connectivity index (χ2v) is 4.17. The number of H-pyrrole nitrogens is 1. The van der Waals surface area contributed by atoms with Gasteiger partial charge in [0.2, 0.25) is 0 Å². The predicted molar refractivity (Wildman–Crippen MR) is 66.5 cm³/mol. The van der Waals surface area contributed by atoms with Gasteiger partial charge in [0.1, 0.15) is 23.9 Å². The van der Waals surface area contributed by atoms with Crippen LogP contribution >= 0.6 is 0 Å². The maximum Gasteiger partial charge on any atom is 0.137 e. The van der Waals surface area contributed by atoms with E-state index in [4.69, 9.17) is 5.26 Å². The highest BCUT2D eigenvalue weighted by Crippen LogP contribution is 2.05. The third-order valence-electron chi connectivity index (χ3n) is 2.74. The number of nitriles is 1. The van der Waals surface area contributed by atoms with Gasteiger partial charge < -0.3 is 9.88 Å². The van der Waals surface area contributed by atoms with Crippen LogP contribution in [-0.2, 0) is 20.0 Å². The van der Waals surface area contributed by atoms with Gasteiger partial charge in [-0.05, 0) is 24.6 Å². The van der Waals surface area contributed by atoms with Crippen molar-refractivity contribution in [2.45, 2.75) is 19.4 Å². The normalized spacial score (nSPS) is 10.4. The van der Waals surface area contributed by atoms with Crippen molar-refractivity contribution in [2.24, 2.45) is 7.05 Å². The van der Waals surface area contributed by atoms with Crippen molar-refractivity contribution < 1.29 is 0 Å². The third-order valence-corrected chi connectivity index (χ3v) is 2.74. The van der Waals surface area contributed by atoms with E-state index < -0.39 is 0 Å². The highest BCUT2D eigenvalue weighted by Gasteiger charge is 2.01. The Balaban J connectivity index is 1.67. The van der Waals surface area contributed by atoms with Gasteiger partial charge in [-0.2, -0.15) is 10.4 Å². The lowest BCUT2D eigenvalue weighted by Gasteiger charge is -2.01. The van der Waals surface area contributed by atoms with Crippen molar-refractivity contribution in [1.29, 1.82) is 5.26 Å².